The van der Waals surface area contributed by atoms with Gasteiger partial charge in [-0.05, 0) is 18.2 Å². The second-order valence-electron chi connectivity index (χ2n) is 7.28. The molecule has 33 heavy (non-hydrogen) atoms. The van der Waals surface area contributed by atoms with Gasteiger partial charge in [0.05, 0.1) is 0 Å². The van der Waals surface area contributed by atoms with E-state index in [0.29, 0.717) is 37.1 Å². The molecule has 0 atom stereocenters. The van der Waals surface area contributed by atoms with Gasteiger partial charge in [-0.15, -0.1) is 0 Å². The SMILES string of the molecule is Brc1ccccc1COc1cc(OCc2ccccc2Br)cc(OCc2ccccc2Br)c1. The van der Waals surface area contributed by atoms with Crippen LogP contribution in [0, 0.1) is 0 Å². The third-order valence-electron chi connectivity index (χ3n) is 4.91. The number of ether oxygens (including phenoxy) is 3. The van der Waals surface area contributed by atoms with E-state index in [1.165, 1.54) is 0 Å². The molecule has 4 aromatic rings. The summed E-state index contributed by atoms with van der Waals surface area (Å²) in [6.45, 7) is 1.29. The zero-order chi connectivity index (χ0) is 23.0. The predicted molar refractivity (Wildman–Crippen MR) is 142 cm³/mol. The molecule has 4 rings (SSSR count). The largest absolute Gasteiger partial charge is 0.489 e. The van der Waals surface area contributed by atoms with E-state index in [1.54, 1.807) is 0 Å². The number of hydrogen-bond acceptors (Lipinski definition) is 3. The molecular formula is C27H21Br3O3. The first-order valence-electron chi connectivity index (χ1n) is 10.3. The third-order valence-corrected chi connectivity index (χ3v) is 7.23. The van der Waals surface area contributed by atoms with Crippen molar-refractivity contribution in [3.05, 3.63) is 121 Å². The lowest BCUT2D eigenvalue weighted by atomic mass is 10.2. The van der Waals surface area contributed by atoms with Crippen LogP contribution in [0.15, 0.2) is 104 Å². The molecule has 0 aromatic heterocycles. The number of rotatable bonds is 9. The van der Waals surface area contributed by atoms with Crippen molar-refractivity contribution in [2.45, 2.75) is 19.8 Å². The first-order valence-corrected chi connectivity index (χ1v) is 12.7. The van der Waals surface area contributed by atoms with Crippen LogP contribution in [-0.2, 0) is 19.8 Å². The van der Waals surface area contributed by atoms with Crippen LogP contribution in [0.1, 0.15) is 16.7 Å². The van der Waals surface area contributed by atoms with E-state index >= 15 is 0 Å². The van der Waals surface area contributed by atoms with E-state index < -0.39 is 0 Å². The standard InChI is InChI=1S/C27H21Br3O3/c28-25-10-4-1-7-19(25)16-31-22-13-23(32-17-20-8-2-5-11-26(20)29)15-24(14-22)33-18-21-9-3-6-12-27(21)30/h1-15H,16-18H2. The molecule has 0 spiro atoms. The summed E-state index contributed by atoms with van der Waals surface area (Å²) in [7, 11) is 0. The fourth-order valence-electron chi connectivity index (χ4n) is 3.13. The van der Waals surface area contributed by atoms with Crippen LogP contribution < -0.4 is 14.2 Å². The fraction of sp³-hybridized carbons (Fsp3) is 0.111. The Kier molecular flexibility index (Phi) is 8.48. The summed E-state index contributed by atoms with van der Waals surface area (Å²) in [5.74, 6) is 2.03. The van der Waals surface area contributed by atoms with Gasteiger partial charge in [-0.1, -0.05) is 102 Å². The van der Waals surface area contributed by atoms with Crippen molar-refractivity contribution in [1.82, 2.24) is 0 Å². The van der Waals surface area contributed by atoms with Gasteiger partial charge in [-0.2, -0.15) is 0 Å². The summed E-state index contributed by atoms with van der Waals surface area (Å²) < 4.78 is 21.3. The molecule has 0 radical (unpaired) electrons. The molecule has 0 aliphatic heterocycles. The van der Waals surface area contributed by atoms with E-state index in [9.17, 15) is 0 Å². The zero-order valence-electron chi connectivity index (χ0n) is 17.6. The van der Waals surface area contributed by atoms with Gasteiger partial charge in [0, 0.05) is 48.3 Å². The molecule has 0 heterocycles. The van der Waals surface area contributed by atoms with Gasteiger partial charge in [0.1, 0.15) is 37.1 Å². The lowest BCUT2D eigenvalue weighted by Crippen LogP contribution is -2.01. The summed E-state index contributed by atoms with van der Waals surface area (Å²) in [6, 6.07) is 29.7. The van der Waals surface area contributed by atoms with Crippen molar-refractivity contribution >= 4 is 47.8 Å². The molecule has 168 valence electrons. The van der Waals surface area contributed by atoms with Gasteiger partial charge >= 0.3 is 0 Å². The third kappa shape index (κ3) is 6.85. The first kappa shape index (κ1) is 23.9. The molecule has 0 aliphatic carbocycles. The van der Waals surface area contributed by atoms with Crippen LogP contribution in [0.25, 0.3) is 0 Å². The molecule has 0 bridgehead atoms. The van der Waals surface area contributed by atoms with E-state index in [0.717, 1.165) is 30.1 Å². The van der Waals surface area contributed by atoms with Crippen molar-refractivity contribution in [3.63, 3.8) is 0 Å². The second kappa shape index (κ2) is 11.7. The maximum Gasteiger partial charge on any atom is 0.127 e. The van der Waals surface area contributed by atoms with Crippen LogP contribution in [-0.4, -0.2) is 0 Å². The molecule has 0 aliphatic rings. The maximum atomic E-state index is 6.10. The Hall–Kier alpha value is -2.28. The molecule has 0 amide bonds. The summed E-state index contributed by atoms with van der Waals surface area (Å²) in [4.78, 5) is 0. The Morgan fingerprint density at radius 3 is 0.970 bits per heavy atom. The van der Waals surface area contributed by atoms with E-state index in [4.69, 9.17) is 14.2 Å². The van der Waals surface area contributed by atoms with Gasteiger partial charge in [-0.25, -0.2) is 0 Å². The molecule has 0 N–H and O–H groups in total. The summed E-state index contributed by atoms with van der Waals surface area (Å²) in [5, 5.41) is 0. The van der Waals surface area contributed by atoms with Gasteiger partial charge < -0.3 is 14.2 Å². The molecular weight excluding hydrogens is 612 g/mol. The Morgan fingerprint density at radius 1 is 0.424 bits per heavy atom. The molecule has 0 fully saturated rings. The minimum Gasteiger partial charge on any atom is -0.489 e. The molecule has 0 saturated heterocycles. The average molecular weight is 633 g/mol. The van der Waals surface area contributed by atoms with E-state index in [-0.39, 0.29) is 0 Å². The number of benzene rings is 4. The van der Waals surface area contributed by atoms with Gasteiger partial charge in [-0.3, -0.25) is 0 Å². The predicted octanol–water partition coefficient (Wildman–Crippen LogP) is 8.71. The maximum absolute atomic E-state index is 6.10. The Labute approximate surface area is 219 Å². The van der Waals surface area contributed by atoms with Crippen LogP contribution in [0.5, 0.6) is 17.2 Å². The second-order valence-corrected chi connectivity index (χ2v) is 9.84. The fourth-order valence-corrected chi connectivity index (χ4v) is 4.32. The Bertz CT molecular complexity index is 1060. The highest BCUT2D eigenvalue weighted by molar-refractivity contribution is 9.11. The van der Waals surface area contributed by atoms with Crippen molar-refractivity contribution in [1.29, 1.82) is 0 Å². The summed E-state index contributed by atoms with van der Waals surface area (Å²) >= 11 is 10.7. The van der Waals surface area contributed by atoms with Crippen LogP contribution in [0.2, 0.25) is 0 Å². The lowest BCUT2D eigenvalue weighted by Gasteiger charge is -2.14. The van der Waals surface area contributed by atoms with Crippen molar-refractivity contribution in [2.75, 3.05) is 0 Å². The van der Waals surface area contributed by atoms with Crippen molar-refractivity contribution in [2.24, 2.45) is 0 Å². The van der Waals surface area contributed by atoms with E-state index in [2.05, 4.69) is 47.8 Å². The van der Waals surface area contributed by atoms with Gasteiger partial charge in [0.25, 0.3) is 0 Å². The average Bonchev–Trinajstić information content (AvgIpc) is 2.82. The highest BCUT2D eigenvalue weighted by atomic mass is 79.9. The minimum atomic E-state index is 0.429. The van der Waals surface area contributed by atoms with E-state index in [1.807, 2.05) is 91.0 Å². The normalized spacial score (nSPS) is 10.6. The monoisotopic (exact) mass is 630 g/mol. The number of halogens is 3. The Morgan fingerprint density at radius 2 is 0.697 bits per heavy atom. The summed E-state index contributed by atoms with van der Waals surface area (Å²) in [6.07, 6.45) is 0. The van der Waals surface area contributed by atoms with Crippen LogP contribution in [0.3, 0.4) is 0 Å². The number of hydrogen-bond donors (Lipinski definition) is 0. The first-order chi connectivity index (χ1) is 16.1. The highest BCUT2D eigenvalue weighted by Crippen LogP contribution is 2.31. The minimum absolute atomic E-state index is 0.429. The van der Waals surface area contributed by atoms with Crippen LogP contribution in [0.4, 0.5) is 0 Å². The highest BCUT2D eigenvalue weighted by Gasteiger charge is 2.09. The molecule has 6 heteroatoms. The molecule has 0 unspecified atom stereocenters. The molecule has 0 saturated carbocycles. The van der Waals surface area contributed by atoms with Gasteiger partial charge in [0.15, 0.2) is 0 Å². The van der Waals surface area contributed by atoms with Crippen molar-refractivity contribution < 1.29 is 14.2 Å². The van der Waals surface area contributed by atoms with Gasteiger partial charge in [0.2, 0.25) is 0 Å². The summed E-state index contributed by atoms with van der Waals surface area (Å²) in [5.41, 5.74) is 3.19. The Balaban J connectivity index is 1.52. The van der Waals surface area contributed by atoms with Crippen molar-refractivity contribution in [3.8, 4) is 17.2 Å². The molecule has 3 nitrogen and oxygen atoms in total. The molecule has 4 aromatic carbocycles. The smallest absolute Gasteiger partial charge is 0.127 e. The topological polar surface area (TPSA) is 27.7 Å². The quantitative estimate of drug-likeness (QED) is 0.185. The zero-order valence-corrected chi connectivity index (χ0v) is 22.4. The lowest BCUT2D eigenvalue weighted by molar-refractivity contribution is 0.274. The van der Waals surface area contributed by atoms with Crippen LogP contribution >= 0.6 is 47.8 Å².